The van der Waals surface area contributed by atoms with Crippen LogP contribution in [0.5, 0.6) is 0 Å². The molecule has 0 spiro atoms. The fraction of sp³-hybridized carbons (Fsp3) is 0.259. The highest BCUT2D eigenvalue weighted by Crippen LogP contribution is 2.36. The molecule has 0 saturated carbocycles. The third kappa shape index (κ3) is 4.56. The van der Waals surface area contributed by atoms with E-state index < -0.39 is 17.6 Å². The zero-order chi connectivity index (χ0) is 28.1. The van der Waals surface area contributed by atoms with Crippen LogP contribution < -0.4 is 16.3 Å². The van der Waals surface area contributed by atoms with Gasteiger partial charge in [-0.3, -0.25) is 14.1 Å². The minimum atomic E-state index is -4.65. The van der Waals surface area contributed by atoms with E-state index in [1.807, 2.05) is 31.0 Å². The predicted molar refractivity (Wildman–Crippen MR) is 144 cm³/mol. The third-order valence-electron chi connectivity index (χ3n) is 6.75. The SMILES string of the molecule is COCCN(C)c1ccc(-n2c(=O)n(C)c3cnc4ccc(-c5cnc(N)c(C(F)(F)F)c5)cc4c32)c(C)n1. The van der Waals surface area contributed by atoms with E-state index in [4.69, 9.17) is 15.5 Å². The predicted octanol–water partition coefficient (Wildman–Crippen LogP) is 4.33. The van der Waals surface area contributed by atoms with E-state index in [1.165, 1.54) is 10.8 Å². The molecule has 12 heteroatoms. The summed E-state index contributed by atoms with van der Waals surface area (Å²) in [5, 5.41) is 0.591. The van der Waals surface area contributed by atoms with Gasteiger partial charge in [0, 0.05) is 44.9 Å². The number of likely N-dealkylation sites (N-methyl/N-ethyl adjacent to an activating group) is 1. The Morgan fingerprint density at radius 1 is 1.08 bits per heavy atom. The van der Waals surface area contributed by atoms with Crippen LogP contribution in [0.3, 0.4) is 0 Å². The van der Waals surface area contributed by atoms with Crippen LogP contribution in [0.1, 0.15) is 11.3 Å². The fourth-order valence-corrected chi connectivity index (χ4v) is 4.59. The molecule has 0 bridgehead atoms. The van der Waals surface area contributed by atoms with Crippen molar-refractivity contribution in [1.82, 2.24) is 24.1 Å². The first-order chi connectivity index (χ1) is 18.5. The zero-order valence-electron chi connectivity index (χ0n) is 21.7. The van der Waals surface area contributed by atoms with Crippen molar-refractivity contribution in [2.75, 3.05) is 37.9 Å². The van der Waals surface area contributed by atoms with Gasteiger partial charge in [-0.25, -0.2) is 14.8 Å². The molecular weight excluding hydrogens is 511 g/mol. The monoisotopic (exact) mass is 537 g/mol. The number of nitrogens with two attached hydrogens (primary N) is 1. The lowest BCUT2D eigenvalue weighted by molar-refractivity contribution is -0.137. The van der Waals surface area contributed by atoms with Crippen LogP contribution >= 0.6 is 0 Å². The van der Waals surface area contributed by atoms with E-state index >= 15 is 0 Å². The number of alkyl halides is 3. The summed E-state index contributed by atoms with van der Waals surface area (Å²) in [5.74, 6) is 0.138. The fourth-order valence-electron chi connectivity index (χ4n) is 4.59. The molecule has 39 heavy (non-hydrogen) atoms. The molecule has 4 aromatic heterocycles. The number of anilines is 2. The number of hydrogen-bond acceptors (Lipinski definition) is 7. The van der Waals surface area contributed by atoms with Crippen LogP contribution in [0.4, 0.5) is 24.8 Å². The van der Waals surface area contributed by atoms with Crippen molar-refractivity contribution < 1.29 is 17.9 Å². The summed E-state index contributed by atoms with van der Waals surface area (Å²) in [6, 6.07) is 9.71. The van der Waals surface area contributed by atoms with Crippen LogP contribution in [-0.2, 0) is 18.0 Å². The number of hydrogen-bond donors (Lipinski definition) is 1. The second-order valence-electron chi connectivity index (χ2n) is 9.24. The molecule has 2 N–H and O–H groups in total. The summed E-state index contributed by atoms with van der Waals surface area (Å²) in [5.41, 5.74) is 7.82. The topological polar surface area (TPSA) is 104 Å². The summed E-state index contributed by atoms with van der Waals surface area (Å²) in [6.45, 7) is 3.00. The average Bonchev–Trinajstić information content (AvgIpc) is 3.16. The Labute approximate surface area is 221 Å². The molecule has 9 nitrogen and oxygen atoms in total. The van der Waals surface area contributed by atoms with Crippen molar-refractivity contribution in [3.05, 3.63) is 70.5 Å². The molecule has 0 aliphatic heterocycles. The molecule has 0 saturated heterocycles. The molecule has 0 atom stereocenters. The third-order valence-corrected chi connectivity index (χ3v) is 6.75. The molecule has 0 unspecified atom stereocenters. The van der Waals surface area contributed by atoms with E-state index in [0.29, 0.717) is 52.0 Å². The Kier molecular flexibility index (Phi) is 6.51. The molecule has 1 aromatic carbocycles. The molecule has 5 aromatic rings. The number of ether oxygens (including phenoxy) is 1. The van der Waals surface area contributed by atoms with Crippen molar-refractivity contribution in [3.63, 3.8) is 0 Å². The Bertz CT molecular complexity index is 1780. The minimum absolute atomic E-state index is 0.238. The van der Waals surface area contributed by atoms with E-state index in [0.717, 1.165) is 11.9 Å². The molecule has 0 fully saturated rings. The van der Waals surface area contributed by atoms with Crippen LogP contribution in [0.25, 0.3) is 38.8 Å². The standard InChI is InChI=1S/C27H26F3N7O2/c1-15-21(7-8-23(34-15)35(2)9-10-39-4)37-24-18-11-16(17-12-19(27(28,29)30)25(31)33-13-17)5-6-20(18)32-14-22(24)36(3)26(37)38/h5-8,11-14H,9-10H2,1-4H3,(H2,31,33). The van der Waals surface area contributed by atoms with Crippen LogP contribution in [0.15, 0.2) is 53.6 Å². The molecule has 0 aliphatic carbocycles. The number of halogens is 3. The van der Waals surface area contributed by atoms with Gasteiger partial charge < -0.3 is 15.4 Å². The molecule has 0 radical (unpaired) electrons. The van der Waals surface area contributed by atoms with Gasteiger partial charge in [-0.1, -0.05) is 6.07 Å². The van der Waals surface area contributed by atoms with Gasteiger partial charge in [0.2, 0.25) is 0 Å². The maximum absolute atomic E-state index is 13.5. The van der Waals surface area contributed by atoms with Gasteiger partial charge in [0.05, 0.1) is 46.3 Å². The van der Waals surface area contributed by atoms with Gasteiger partial charge in [-0.2, -0.15) is 13.2 Å². The van der Waals surface area contributed by atoms with E-state index in [9.17, 15) is 18.0 Å². The number of benzene rings is 1. The number of fused-ring (bicyclic) bond motifs is 3. The van der Waals surface area contributed by atoms with Crippen molar-refractivity contribution >= 4 is 33.6 Å². The molecule has 0 amide bonds. The van der Waals surface area contributed by atoms with Crippen LogP contribution in [-0.4, -0.2) is 51.4 Å². The maximum atomic E-state index is 13.5. The second kappa shape index (κ2) is 9.70. The summed E-state index contributed by atoms with van der Waals surface area (Å²) in [4.78, 5) is 28.4. The van der Waals surface area contributed by atoms with Gasteiger partial charge in [-0.05, 0) is 42.8 Å². The number of rotatable bonds is 6. The van der Waals surface area contributed by atoms with Gasteiger partial charge in [-0.15, -0.1) is 0 Å². The van der Waals surface area contributed by atoms with Crippen LogP contribution in [0.2, 0.25) is 0 Å². The Morgan fingerprint density at radius 3 is 2.54 bits per heavy atom. The first-order valence-corrected chi connectivity index (χ1v) is 12.0. The summed E-state index contributed by atoms with van der Waals surface area (Å²) < 4.78 is 48.6. The van der Waals surface area contributed by atoms with E-state index in [-0.39, 0.29) is 11.3 Å². The highest BCUT2D eigenvalue weighted by atomic mass is 19.4. The average molecular weight is 538 g/mol. The number of nitrogens with zero attached hydrogens (tertiary/aromatic N) is 6. The van der Waals surface area contributed by atoms with Gasteiger partial charge in [0.25, 0.3) is 0 Å². The number of aromatic nitrogens is 5. The number of pyridine rings is 3. The summed E-state index contributed by atoms with van der Waals surface area (Å²) in [7, 11) is 5.18. The van der Waals surface area contributed by atoms with E-state index in [1.54, 1.807) is 43.1 Å². The van der Waals surface area contributed by atoms with Crippen molar-refractivity contribution in [2.24, 2.45) is 7.05 Å². The summed E-state index contributed by atoms with van der Waals surface area (Å²) >= 11 is 0. The largest absolute Gasteiger partial charge is 0.419 e. The first-order valence-electron chi connectivity index (χ1n) is 12.0. The normalized spacial score (nSPS) is 12.0. The molecule has 4 heterocycles. The molecular formula is C27H26F3N7O2. The van der Waals surface area contributed by atoms with E-state index in [2.05, 4.69) is 9.97 Å². The minimum Gasteiger partial charge on any atom is -0.383 e. The second-order valence-corrected chi connectivity index (χ2v) is 9.24. The maximum Gasteiger partial charge on any atom is 0.419 e. The Hall–Kier alpha value is -4.45. The smallest absolute Gasteiger partial charge is 0.383 e. The lowest BCUT2D eigenvalue weighted by Crippen LogP contribution is -2.24. The Morgan fingerprint density at radius 2 is 1.85 bits per heavy atom. The van der Waals surface area contributed by atoms with Gasteiger partial charge >= 0.3 is 11.9 Å². The molecule has 0 aliphatic rings. The highest BCUT2D eigenvalue weighted by Gasteiger charge is 2.34. The zero-order valence-corrected chi connectivity index (χ0v) is 21.7. The number of methoxy groups -OCH3 is 1. The Balaban J connectivity index is 1.72. The van der Waals surface area contributed by atoms with Crippen molar-refractivity contribution in [1.29, 1.82) is 0 Å². The number of nitrogen functional groups attached to an aromatic ring is 1. The molecule has 202 valence electrons. The lowest BCUT2D eigenvalue weighted by Gasteiger charge is -2.19. The number of aryl methyl sites for hydroxylation is 2. The number of imidazole rings is 1. The van der Waals surface area contributed by atoms with Crippen molar-refractivity contribution in [3.8, 4) is 16.8 Å². The highest BCUT2D eigenvalue weighted by molar-refractivity contribution is 6.04. The van der Waals surface area contributed by atoms with Gasteiger partial charge in [0.15, 0.2) is 0 Å². The summed E-state index contributed by atoms with van der Waals surface area (Å²) in [6.07, 6.45) is -1.74. The van der Waals surface area contributed by atoms with Crippen LogP contribution in [0, 0.1) is 6.92 Å². The van der Waals surface area contributed by atoms with Crippen molar-refractivity contribution in [2.45, 2.75) is 13.1 Å². The first kappa shape index (κ1) is 26.2. The molecule has 5 rings (SSSR count). The quantitative estimate of drug-likeness (QED) is 0.344. The lowest BCUT2D eigenvalue weighted by atomic mass is 10.0. The van der Waals surface area contributed by atoms with Gasteiger partial charge in [0.1, 0.15) is 11.6 Å².